The van der Waals surface area contributed by atoms with Crippen molar-refractivity contribution in [3.63, 3.8) is 0 Å². The van der Waals surface area contributed by atoms with Crippen molar-refractivity contribution in [2.24, 2.45) is 5.41 Å². The molecule has 10 heteroatoms. The number of amides is 1. The van der Waals surface area contributed by atoms with Gasteiger partial charge < -0.3 is 24.3 Å². The molecule has 3 aliphatic rings. The van der Waals surface area contributed by atoms with Gasteiger partial charge in [0.2, 0.25) is 0 Å². The average molecular weight is 578 g/mol. The molecule has 1 amide bonds. The third-order valence-corrected chi connectivity index (χ3v) is 9.14. The second-order valence-electron chi connectivity index (χ2n) is 12.8. The smallest absolute Gasteiger partial charge is 0.318 e. The zero-order chi connectivity index (χ0) is 30.2. The van der Waals surface area contributed by atoms with E-state index in [-0.39, 0.29) is 17.9 Å². The summed E-state index contributed by atoms with van der Waals surface area (Å²) >= 11 is 0. The van der Waals surface area contributed by atoms with Crippen LogP contribution in [0.15, 0.2) is 18.2 Å². The normalized spacial score (nSPS) is 22.0. The van der Waals surface area contributed by atoms with Crippen molar-refractivity contribution in [2.45, 2.75) is 78.2 Å². The first-order valence-corrected chi connectivity index (χ1v) is 15.1. The fourth-order valence-corrected chi connectivity index (χ4v) is 6.51. The van der Waals surface area contributed by atoms with Crippen LogP contribution in [0.1, 0.15) is 55.5 Å². The molecule has 1 aliphatic carbocycles. The number of carbonyl (C=O) groups is 1. The molecule has 226 valence electrons. The molecule has 0 spiro atoms. The van der Waals surface area contributed by atoms with Gasteiger partial charge in [0.25, 0.3) is 5.91 Å². The second-order valence-corrected chi connectivity index (χ2v) is 12.8. The van der Waals surface area contributed by atoms with E-state index < -0.39 is 18.1 Å². The lowest BCUT2D eigenvalue weighted by atomic mass is 9.95. The molecule has 1 saturated carbocycles. The van der Waals surface area contributed by atoms with E-state index in [1.807, 2.05) is 0 Å². The van der Waals surface area contributed by atoms with Crippen molar-refractivity contribution in [1.82, 2.24) is 19.8 Å². The molecule has 42 heavy (non-hydrogen) atoms. The predicted molar refractivity (Wildman–Crippen MR) is 162 cm³/mol. The predicted octanol–water partition coefficient (Wildman–Crippen LogP) is 4.05. The van der Waals surface area contributed by atoms with Gasteiger partial charge in [-0.15, -0.1) is 0 Å². The van der Waals surface area contributed by atoms with Gasteiger partial charge in [-0.05, 0) is 78.2 Å². The Morgan fingerprint density at radius 3 is 2.69 bits per heavy atom. The van der Waals surface area contributed by atoms with E-state index in [0.717, 1.165) is 42.9 Å². The van der Waals surface area contributed by atoms with Crippen LogP contribution in [0.3, 0.4) is 0 Å². The molecular formula is C32H44FN7O2. The number of fused-ring (bicyclic) bond motifs is 1. The van der Waals surface area contributed by atoms with E-state index in [1.165, 1.54) is 28.6 Å². The van der Waals surface area contributed by atoms with Crippen LogP contribution < -0.4 is 14.5 Å². The lowest BCUT2D eigenvalue weighted by Gasteiger charge is -2.43. The lowest BCUT2D eigenvalue weighted by molar-refractivity contribution is -0.138. The Morgan fingerprint density at radius 1 is 1.26 bits per heavy atom. The Balaban J connectivity index is 1.48. The van der Waals surface area contributed by atoms with Crippen molar-refractivity contribution >= 4 is 17.4 Å². The Morgan fingerprint density at radius 2 is 2.02 bits per heavy atom. The topological polar surface area (TPSA) is 88.8 Å². The Kier molecular flexibility index (Phi) is 8.61. The number of rotatable bonds is 9. The number of nitrogens with zero attached hydrogens (tertiary/aromatic N) is 7. The first-order valence-electron chi connectivity index (χ1n) is 15.1. The quantitative estimate of drug-likeness (QED) is 0.441. The number of carbonyl (C=O) groups excluding carboxylic acids is 1. The molecule has 3 atom stereocenters. The summed E-state index contributed by atoms with van der Waals surface area (Å²) < 4.78 is 20.3. The maximum atomic E-state index is 14.0. The summed E-state index contributed by atoms with van der Waals surface area (Å²) in [5.41, 5.74) is 5.89. The maximum absolute atomic E-state index is 14.0. The number of halogens is 1. The van der Waals surface area contributed by atoms with Gasteiger partial charge in [-0.3, -0.25) is 4.79 Å². The molecule has 1 aromatic carbocycles. The fraction of sp³-hybridized carbons (Fsp3) is 0.625. The van der Waals surface area contributed by atoms with Crippen LogP contribution in [-0.2, 0) is 17.8 Å². The van der Waals surface area contributed by atoms with Crippen LogP contribution in [0.5, 0.6) is 6.01 Å². The molecule has 2 fully saturated rings. The van der Waals surface area contributed by atoms with Gasteiger partial charge in [-0.25, -0.2) is 4.39 Å². The van der Waals surface area contributed by atoms with Gasteiger partial charge in [0.1, 0.15) is 5.82 Å². The van der Waals surface area contributed by atoms with Crippen molar-refractivity contribution in [2.75, 3.05) is 56.7 Å². The highest BCUT2D eigenvalue weighted by atomic mass is 19.1. The number of aryl methyl sites for hydroxylation is 1. The summed E-state index contributed by atoms with van der Waals surface area (Å²) in [5, 5.41) is 9.52. The minimum atomic E-state index is -1.60. The van der Waals surface area contributed by atoms with Crippen molar-refractivity contribution in [3.05, 3.63) is 40.6 Å². The van der Waals surface area contributed by atoms with Gasteiger partial charge in [-0.2, -0.15) is 15.2 Å². The summed E-state index contributed by atoms with van der Waals surface area (Å²) in [4.78, 5) is 30.9. The molecule has 1 aromatic heterocycles. The van der Waals surface area contributed by atoms with Crippen LogP contribution in [0.25, 0.3) is 0 Å². The van der Waals surface area contributed by atoms with E-state index >= 15 is 0 Å². The van der Waals surface area contributed by atoms with Crippen LogP contribution >= 0.6 is 0 Å². The summed E-state index contributed by atoms with van der Waals surface area (Å²) in [6, 6.07) is 8.79. The number of nitriles is 1. The van der Waals surface area contributed by atoms with Crippen LogP contribution in [0, 0.1) is 30.6 Å². The van der Waals surface area contributed by atoms with E-state index in [2.05, 4.69) is 73.8 Å². The third kappa shape index (κ3) is 6.17. The van der Waals surface area contributed by atoms with E-state index in [9.17, 15) is 14.4 Å². The van der Waals surface area contributed by atoms with Gasteiger partial charge in [0, 0.05) is 48.9 Å². The van der Waals surface area contributed by atoms with Crippen LogP contribution in [0.4, 0.5) is 15.9 Å². The highest BCUT2D eigenvalue weighted by Gasteiger charge is 2.44. The van der Waals surface area contributed by atoms with Gasteiger partial charge >= 0.3 is 6.01 Å². The molecule has 3 unspecified atom stereocenters. The molecule has 9 nitrogen and oxygen atoms in total. The Labute approximate surface area is 249 Å². The maximum Gasteiger partial charge on any atom is 0.318 e. The number of ether oxygens (including phenoxy) is 1. The van der Waals surface area contributed by atoms with E-state index in [1.54, 1.807) is 0 Å². The van der Waals surface area contributed by atoms with Gasteiger partial charge in [-0.1, -0.05) is 12.1 Å². The minimum Gasteiger partial charge on any atom is -0.463 e. The van der Waals surface area contributed by atoms with Crippen molar-refractivity contribution in [1.29, 1.82) is 5.26 Å². The number of anilines is 2. The average Bonchev–Trinajstić information content (AvgIpc) is 3.71. The Hall–Kier alpha value is -3.45. The lowest BCUT2D eigenvalue weighted by Crippen LogP contribution is -2.57. The zero-order valence-electron chi connectivity index (χ0n) is 25.9. The largest absolute Gasteiger partial charge is 0.463 e. The van der Waals surface area contributed by atoms with Crippen LogP contribution in [0.2, 0.25) is 0 Å². The van der Waals surface area contributed by atoms with Crippen molar-refractivity contribution in [3.8, 4) is 12.1 Å². The van der Waals surface area contributed by atoms with Gasteiger partial charge in [0.15, 0.2) is 6.17 Å². The van der Waals surface area contributed by atoms with Gasteiger partial charge in [0.05, 0.1) is 37.4 Å². The molecule has 5 rings (SSSR count). The Bertz CT molecular complexity index is 1350. The number of benzene rings is 1. The fourth-order valence-electron chi connectivity index (χ4n) is 6.51. The highest BCUT2D eigenvalue weighted by molar-refractivity contribution is 5.81. The molecule has 0 N–H and O–H groups in total. The van der Waals surface area contributed by atoms with Crippen LogP contribution in [-0.4, -0.2) is 90.8 Å². The summed E-state index contributed by atoms with van der Waals surface area (Å²) in [5.74, 6) is 0.250. The molecule has 2 aromatic rings. The van der Waals surface area contributed by atoms with E-state index in [0.29, 0.717) is 38.8 Å². The highest BCUT2D eigenvalue weighted by Crippen LogP contribution is 2.46. The SMILES string of the molecule is Cc1cccc(N2Cc3nc(OCC4(CN(C)C)CC4)nc(N4CCN(C(=O)C(C)F)C(CC#N)C4)c3CC2C)c1C. The number of hydrogen-bond donors (Lipinski definition) is 0. The van der Waals surface area contributed by atoms with E-state index in [4.69, 9.17) is 14.7 Å². The zero-order valence-corrected chi connectivity index (χ0v) is 25.9. The summed E-state index contributed by atoms with van der Waals surface area (Å²) in [6.45, 7) is 11.2. The monoisotopic (exact) mass is 577 g/mol. The summed E-state index contributed by atoms with van der Waals surface area (Å²) in [6.07, 6.45) is 1.54. The molecule has 3 heterocycles. The minimum absolute atomic E-state index is 0.134. The van der Waals surface area contributed by atoms with Crippen molar-refractivity contribution < 1.29 is 13.9 Å². The summed E-state index contributed by atoms with van der Waals surface area (Å²) in [7, 11) is 4.17. The number of alkyl halides is 1. The third-order valence-electron chi connectivity index (χ3n) is 9.14. The number of piperazine rings is 1. The number of aromatic nitrogens is 2. The second kappa shape index (κ2) is 12.0. The molecule has 0 radical (unpaired) electrons. The first-order chi connectivity index (χ1) is 20.0. The molecule has 2 aliphatic heterocycles. The molecular weight excluding hydrogens is 533 g/mol. The first kappa shape index (κ1) is 30.0. The molecule has 0 bridgehead atoms. The standard InChI is InChI=1S/C32H44FN7O2/c1-21-8-7-9-28(23(21)3)40-18-27-26(16-22(40)2)29(36-31(35-27)42-20-32(11-12-32)19-37(5)6)38-14-15-39(30(41)24(4)33)25(17-38)10-13-34/h7-9,22,24-25H,10-12,14-20H2,1-6H3. The molecule has 1 saturated heterocycles. The number of hydrogen-bond acceptors (Lipinski definition) is 8.